The van der Waals surface area contributed by atoms with Crippen molar-refractivity contribution in [3.63, 3.8) is 0 Å². The molecular weight excluding hydrogens is 258 g/mol. The van der Waals surface area contributed by atoms with Crippen LogP contribution in [-0.2, 0) is 0 Å². The predicted molar refractivity (Wildman–Crippen MR) is 85.1 cm³/mol. The highest BCUT2D eigenvalue weighted by Gasteiger charge is 2.25. The number of para-hydroxylation sites is 2. The minimum absolute atomic E-state index is 0.331. The van der Waals surface area contributed by atoms with Crippen molar-refractivity contribution >= 4 is 11.0 Å². The number of hydrogen-bond acceptors (Lipinski definition) is 3. The summed E-state index contributed by atoms with van der Waals surface area (Å²) in [6, 6.07) is 16.9. The number of aromatic nitrogens is 2. The fourth-order valence-corrected chi connectivity index (χ4v) is 2.78. The molecule has 0 aliphatic carbocycles. The maximum atomic E-state index is 4.89. The van der Waals surface area contributed by atoms with Gasteiger partial charge in [0.2, 0.25) is 0 Å². The van der Waals surface area contributed by atoms with Crippen LogP contribution in [-0.4, -0.2) is 16.5 Å². The van der Waals surface area contributed by atoms with Crippen molar-refractivity contribution < 1.29 is 0 Å². The van der Waals surface area contributed by atoms with Gasteiger partial charge in [-0.1, -0.05) is 35.9 Å². The zero-order valence-electron chi connectivity index (χ0n) is 12.0. The van der Waals surface area contributed by atoms with Crippen molar-refractivity contribution in [3.8, 4) is 11.3 Å². The molecule has 1 unspecified atom stereocenters. The van der Waals surface area contributed by atoms with Crippen LogP contribution in [0.25, 0.3) is 22.3 Å². The topological polar surface area (TPSA) is 37.8 Å². The van der Waals surface area contributed by atoms with Crippen LogP contribution in [0.2, 0.25) is 0 Å². The molecule has 3 nitrogen and oxygen atoms in total. The normalized spacial score (nSPS) is 17.7. The van der Waals surface area contributed by atoms with Gasteiger partial charge in [0.1, 0.15) is 0 Å². The molecule has 1 aliphatic heterocycles. The molecule has 1 aromatic heterocycles. The number of fused-ring (bicyclic) bond motifs is 1. The van der Waals surface area contributed by atoms with E-state index in [4.69, 9.17) is 9.97 Å². The molecule has 1 saturated heterocycles. The Hall–Kier alpha value is -2.26. The maximum Gasteiger partial charge on any atom is 0.0941 e. The van der Waals surface area contributed by atoms with Crippen LogP contribution in [0.1, 0.15) is 23.7 Å². The van der Waals surface area contributed by atoms with E-state index in [2.05, 4.69) is 36.5 Å². The lowest BCUT2D eigenvalue weighted by atomic mass is 9.97. The third-order valence-corrected chi connectivity index (χ3v) is 4.04. The Bertz CT molecular complexity index is 806. The molecule has 2 heterocycles. The number of aryl methyl sites for hydroxylation is 1. The Morgan fingerprint density at radius 2 is 1.76 bits per heavy atom. The first-order valence-corrected chi connectivity index (χ1v) is 7.38. The van der Waals surface area contributed by atoms with Gasteiger partial charge in [-0.25, -0.2) is 9.97 Å². The summed E-state index contributed by atoms with van der Waals surface area (Å²) in [5.74, 6) is 0. The van der Waals surface area contributed by atoms with Gasteiger partial charge in [0.15, 0.2) is 0 Å². The van der Waals surface area contributed by atoms with Crippen molar-refractivity contribution in [1.29, 1.82) is 0 Å². The summed E-state index contributed by atoms with van der Waals surface area (Å²) in [4.78, 5) is 9.77. The van der Waals surface area contributed by atoms with E-state index in [1.54, 1.807) is 0 Å². The second kappa shape index (κ2) is 4.93. The summed E-state index contributed by atoms with van der Waals surface area (Å²) in [5, 5.41) is 3.45. The molecule has 104 valence electrons. The zero-order chi connectivity index (χ0) is 14.2. The average molecular weight is 275 g/mol. The zero-order valence-corrected chi connectivity index (χ0v) is 12.0. The average Bonchev–Trinajstić information content (AvgIpc) is 2.45. The van der Waals surface area contributed by atoms with Gasteiger partial charge in [-0.05, 0) is 38.1 Å². The highest BCUT2D eigenvalue weighted by molar-refractivity contribution is 5.78. The lowest BCUT2D eigenvalue weighted by molar-refractivity contribution is 0.376. The summed E-state index contributed by atoms with van der Waals surface area (Å²) in [6.07, 6.45) is 1.13. The van der Waals surface area contributed by atoms with Crippen molar-refractivity contribution in [2.75, 3.05) is 6.54 Å². The first-order chi connectivity index (χ1) is 10.3. The van der Waals surface area contributed by atoms with E-state index in [-0.39, 0.29) is 0 Å². The molecule has 0 spiro atoms. The number of nitrogens with one attached hydrogen (secondary N) is 1. The summed E-state index contributed by atoms with van der Waals surface area (Å²) >= 11 is 0. The van der Waals surface area contributed by atoms with Gasteiger partial charge in [-0.2, -0.15) is 0 Å². The summed E-state index contributed by atoms with van der Waals surface area (Å²) in [5.41, 5.74) is 6.40. The Labute approximate surface area is 124 Å². The maximum absolute atomic E-state index is 4.89. The Balaban J connectivity index is 1.96. The van der Waals surface area contributed by atoms with Crippen LogP contribution < -0.4 is 5.32 Å². The SMILES string of the molecule is Cc1cccc(-c2nc3ccccc3nc2C2CCN2)c1. The Morgan fingerprint density at radius 1 is 1.00 bits per heavy atom. The Kier molecular flexibility index (Phi) is 2.93. The molecule has 1 atom stereocenters. The molecule has 2 aromatic carbocycles. The summed E-state index contributed by atoms with van der Waals surface area (Å²) in [6.45, 7) is 3.17. The quantitative estimate of drug-likeness (QED) is 0.776. The van der Waals surface area contributed by atoms with Crippen molar-refractivity contribution in [2.45, 2.75) is 19.4 Å². The van der Waals surface area contributed by atoms with Crippen LogP contribution in [0, 0.1) is 6.92 Å². The van der Waals surface area contributed by atoms with E-state index < -0.39 is 0 Å². The summed E-state index contributed by atoms with van der Waals surface area (Å²) in [7, 11) is 0. The first-order valence-electron chi connectivity index (χ1n) is 7.38. The molecular formula is C18H17N3. The van der Waals surface area contributed by atoms with Gasteiger partial charge in [0, 0.05) is 5.56 Å². The van der Waals surface area contributed by atoms with Crippen molar-refractivity contribution in [3.05, 3.63) is 59.8 Å². The second-order valence-corrected chi connectivity index (χ2v) is 5.61. The predicted octanol–water partition coefficient (Wildman–Crippen LogP) is 3.64. The van der Waals surface area contributed by atoms with Gasteiger partial charge in [-0.15, -0.1) is 0 Å². The summed E-state index contributed by atoms with van der Waals surface area (Å²) < 4.78 is 0. The molecule has 0 bridgehead atoms. The molecule has 1 N–H and O–H groups in total. The van der Waals surface area contributed by atoms with E-state index in [9.17, 15) is 0 Å². The third kappa shape index (κ3) is 2.20. The van der Waals surface area contributed by atoms with Gasteiger partial charge in [0.05, 0.1) is 28.5 Å². The minimum atomic E-state index is 0.331. The second-order valence-electron chi connectivity index (χ2n) is 5.61. The molecule has 4 rings (SSSR count). The molecule has 1 fully saturated rings. The molecule has 0 radical (unpaired) electrons. The van der Waals surface area contributed by atoms with E-state index in [0.717, 1.165) is 41.0 Å². The van der Waals surface area contributed by atoms with Crippen molar-refractivity contribution in [2.24, 2.45) is 0 Å². The van der Waals surface area contributed by atoms with E-state index in [0.29, 0.717) is 6.04 Å². The molecule has 21 heavy (non-hydrogen) atoms. The van der Waals surface area contributed by atoms with Gasteiger partial charge < -0.3 is 5.32 Å². The molecule has 3 heteroatoms. The molecule has 1 aliphatic rings. The van der Waals surface area contributed by atoms with E-state index in [1.807, 2.05) is 24.3 Å². The molecule has 0 saturated carbocycles. The number of nitrogens with zero attached hydrogens (tertiary/aromatic N) is 2. The van der Waals surface area contributed by atoms with Gasteiger partial charge >= 0.3 is 0 Å². The lowest BCUT2D eigenvalue weighted by Crippen LogP contribution is -2.36. The van der Waals surface area contributed by atoms with Crippen molar-refractivity contribution in [1.82, 2.24) is 15.3 Å². The largest absolute Gasteiger partial charge is 0.308 e. The number of rotatable bonds is 2. The third-order valence-electron chi connectivity index (χ3n) is 4.04. The monoisotopic (exact) mass is 275 g/mol. The van der Waals surface area contributed by atoms with Crippen LogP contribution in [0.4, 0.5) is 0 Å². The van der Waals surface area contributed by atoms with Crippen LogP contribution >= 0.6 is 0 Å². The van der Waals surface area contributed by atoms with E-state index >= 15 is 0 Å². The van der Waals surface area contributed by atoms with E-state index in [1.165, 1.54) is 5.56 Å². The minimum Gasteiger partial charge on any atom is -0.308 e. The highest BCUT2D eigenvalue weighted by atomic mass is 15.0. The fraction of sp³-hybridized carbons (Fsp3) is 0.222. The molecule has 3 aromatic rings. The number of benzene rings is 2. The first kappa shape index (κ1) is 12.5. The van der Waals surface area contributed by atoms with Crippen LogP contribution in [0.5, 0.6) is 0 Å². The Morgan fingerprint density at radius 3 is 2.43 bits per heavy atom. The van der Waals surface area contributed by atoms with Gasteiger partial charge in [-0.3, -0.25) is 0 Å². The lowest BCUT2D eigenvalue weighted by Gasteiger charge is -2.28. The standard InChI is InChI=1S/C18H17N3/c1-12-5-4-6-13(11-12)17-18(16-9-10-19-16)21-15-8-3-2-7-14(15)20-17/h2-8,11,16,19H,9-10H2,1H3. The van der Waals surface area contributed by atoms with Crippen LogP contribution in [0.15, 0.2) is 48.5 Å². The van der Waals surface area contributed by atoms with Crippen LogP contribution in [0.3, 0.4) is 0 Å². The van der Waals surface area contributed by atoms with Gasteiger partial charge in [0.25, 0.3) is 0 Å². The smallest absolute Gasteiger partial charge is 0.0941 e. The fourth-order valence-electron chi connectivity index (χ4n) is 2.78. The molecule has 0 amide bonds. The highest BCUT2D eigenvalue weighted by Crippen LogP contribution is 2.31. The number of hydrogen-bond donors (Lipinski definition) is 1.